The topological polar surface area (TPSA) is 64.5 Å². The van der Waals surface area contributed by atoms with Gasteiger partial charge in [0.05, 0.1) is 0 Å². The Morgan fingerprint density at radius 2 is 0.667 bits per heavy atom. The molecule has 3 aromatic heterocycles. The van der Waals surface area contributed by atoms with Crippen molar-refractivity contribution in [3.8, 4) is 56.4 Å². The highest BCUT2D eigenvalue weighted by Gasteiger charge is 2.16. The largest absolute Gasteiger partial charge is 0.265 e. The summed E-state index contributed by atoms with van der Waals surface area (Å²) in [5.74, 6) is 1.85. The zero-order chi connectivity index (χ0) is 31.9. The Labute approximate surface area is 277 Å². The molecule has 3 heterocycles. The van der Waals surface area contributed by atoms with E-state index in [-0.39, 0.29) is 0 Å². The third-order valence-electron chi connectivity index (χ3n) is 8.89. The van der Waals surface area contributed by atoms with Crippen molar-refractivity contribution in [2.24, 2.45) is 0 Å². The van der Waals surface area contributed by atoms with E-state index in [0.717, 1.165) is 38.9 Å². The predicted molar refractivity (Wildman–Crippen MR) is 195 cm³/mol. The first-order chi connectivity index (χ1) is 23.8. The molecule has 0 bridgehead atoms. The average molecular weight is 614 g/mol. The van der Waals surface area contributed by atoms with Crippen molar-refractivity contribution >= 4 is 32.3 Å². The normalized spacial score (nSPS) is 11.3. The summed E-state index contributed by atoms with van der Waals surface area (Å²) >= 11 is 0. The third-order valence-corrected chi connectivity index (χ3v) is 8.89. The summed E-state index contributed by atoms with van der Waals surface area (Å²) < 4.78 is 0. The van der Waals surface area contributed by atoms with Gasteiger partial charge in [0.2, 0.25) is 0 Å². The van der Waals surface area contributed by atoms with Crippen LogP contribution in [0.15, 0.2) is 164 Å². The molecule has 0 aliphatic carbocycles. The summed E-state index contributed by atoms with van der Waals surface area (Å²) in [4.78, 5) is 23.8. The average Bonchev–Trinajstić information content (AvgIpc) is 3.18. The van der Waals surface area contributed by atoms with Crippen LogP contribution in [-0.4, -0.2) is 24.9 Å². The molecule has 0 fully saturated rings. The van der Waals surface area contributed by atoms with Gasteiger partial charge in [-0.25, -0.2) is 15.0 Å². The zero-order valence-corrected chi connectivity index (χ0v) is 25.8. The standard InChI is InChI=1S/C43H27N5/c1-2-8-30(9-3-1)41-46-42(31-14-15-39-37-12-5-4-10-35(37)36-11-6-7-13-38(36)40(39)27-31)48-43(47-41)34-25-32(28-16-20-44-21-17-28)24-33(26-34)29-18-22-45-23-19-29/h1-27H. The van der Waals surface area contributed by atoms with Crippen LogP contribution in [-0.2, 0) is 0 Å². The van der Waals surface area contributed by atoms with Crippen LogP contribution in [0.5, 0.6) is 0 Å². The maximum absolute atomic E-state index is 5.17. The van der Waals surface area contributed by atoms with Gasteiger partial charge in [0.25, 0.3) is 0 Å². The number of aromatic nitrogens is 5. The van der Waals surface area contributed by atoms with Crippen molar-refractivity contribution in [1.82, 2.24) is 24.9 Å². The van der Waals surface area contributed by atoms with Crippen LogP contribution in [0.1, 0.15) is 0 Å². The maximum atomic E-state index is 5.17. The van der Waals surface area contributed by atoms with Crippen molar-refractivity contribution in [1.29, 1.82) is 0 Å². The third kappa shape index (κ3) is 4.95. The van der Waals surface area contributed by atoms with Crippen molar-refractivity contribution in [3.63, 3.8) is 0 Å². The lowest BCUT2D eigenvalue weighted by Crippen LogP contribution is -2.00. The summed E-state index contributed by atoms with van der Waals surface area (Å²) in [6.45, 7) is 0. The number of hydrogen-bond donors (Lipinski definition) is 0. The molecule has 0 saturated carbocycles. The van der Waals surface area contributed by atoms with Crippen LogP contribution < -0.4 is 0 Å². The molecule has 0 atom stereocenters. The highest BCUT2D eigenvalue weighted by atomic mass is 15.0. The lowest BCUT2D eigenvalue weighted by molar-refractivity contribution is 1.07. The van der Waals surface area contributed by atoms with Crippen molar-refractivity contribution in [2.45, 2.75) is 0 Å². The minimum Gasteiger partial charge on any atom is -0.265 e. The van der Waals surface area contributed by atoms with Crippen molar-refractivity contribution in [3.05, 3.63) is 164 Å². The Hall–Kier alpha value is -6.59. The fourth-order valence-corrected chi connectivity index (χ4v) is 6.58. The lowest BCUT2D eigenvalue weighted by Gasteiger charge is -2.13. The molecule has 0 saturated heterocycles. The Bertz CT molecular complexity index is 2510. The number of hydrogen-bond acceptors (Lipinski definition) is 5. The van der Waals surface area contributed by atoms with Crippen molar-refractivity contribution < 1.29 is 0 Å². The second-order valence-corrected chi connectivity index (χ2v) is 11.8. The van der Waals surface area contributed by atoms with Crippen LogP contribution >= 0.6 is 0 Å². The maximum Gasteiger partial charge on any atom is 0.164 e. The Kier molecular flexibility index (Phi) is 6.72. The van der Waals surface area contributed by atoms with Gasteiger partial charge in [0.15, 0.2) is 17.5 Å². The van der Waals surface area contributed by atoms with E-state index in [1.807, 2.05) is 79.4 Å². The number of benzene rings is 6. The fourth-order valence-electron chi connectivity index (χ4n) is 6.58. The van der Waals surface area contributed by atoms with Gasteiger partial charge in [-0.1, -0.05) is 91.0 Å². The molecule has 5 heteroatoms. The number of rotatable bonds is 5. The molecule has 224 valence electrons. The van der Waals surface area contributed by atoms with E-state index in [1.165, 1.54) is 32.3 Å². The molecule has 0 radical (unpaired) electrons. The minimum atomic E-state index is 0.605. The molecule has 9 aromatic rings. The molecule has 0 spiro atoms. The van der Waals surface area contributed by atoms with Gasteiger partial charge in [0, 0.05) is 41.5 Å². The van der Waals surface area contributed by atoms with Gasteiger partial charge >= 0.3 is 0 Å². The van der Waals surface area contributed by atoms with E-state index < -0.39 is 0 Å². The monoisotopic (exact) mass is 613 g/mol. The van der Waals surface area contributed by atoms with E-state index in [4.69, 9.17) is 15.0 Å². The highest BCUT2D eigenvalue weighted by Crippen LogP contribution is 2.38. The van der Waals surface area contributed by atoms with Gasteiger partial charge < -0.3 is 0 Å². The van der Waals surface area contributed by atoms with Gasteiger partial charge in [-0.15, -0.1) is 0 Å². The second kappa shape index (κ2) is 11.6. The molecule has 0 aliphatic heterocycles. The molecule has 48 heavy (non-hydrogen) atoms. The first-order valence-corrected chi connectivity index (χ1v) is 15.9. The quantitative estimate of drug-likeness (QED) is 0.181. The Morgan fingerprint density at radius 1 is 0.250 bits per heavy atom. The number of pyridine rings is 2. The van der Waals surface area contributed by atoms with Crippen molar-refractivity contribution in [2.75, 3.05) is 0 Å². The van der Waals surface area contributed by atoms with E-state index in [0.29, 0.717) is 17.5 Å². The van der Waals surface area contributed by atoms with Crippen LogP contribution in [0.3, 0.4) is 0 Å². The predicted octanol–water partition coefficient (Wildman–Crippen LogP) is 10.5. The smallest absolute Gasteiger partial charge is 0.164 e. The van der Waals surface area contributed by atoms with Crippen LogP contribution in [0, 0.1) is 0 Å². The Balaban J connectivity index is 1.29. The molecular formula is C43H27N5. The summed E-state index contributed by atoms with van der Waals surface area (Å²) in [6.07, 6.45) is 7.26. The van der Waals surface area contributed by atoms with Gasteiger partial charge in [-0.3, -0.25) is 9.97 Å². The van der Waals surface area contributed by atoms with E-state index in [2.05, 4.69) is 94.9 Å². The first kappa shape index (κ1) is 27.7. The van der Waals surface area contributed by atoms with Crippen LogP contribution in [0.4, 0.5) is 0 Å². The zero-order valence-electron chi connectivity index (χ0n) is 25.8. The second-order valence-electron chi connectivity index (χ2n) is 11.8. The summed E-state index contributed by atoms with van der Waals surface area (Å²) in [6, 6.07) is 48.5. The molecule has 9 rings (SSSR count). The summed E-state index contributed by atoms with van der Waals surface area (Å²) in [7, 11) is 0. The Morgan fingerprint density at radius 3 is 1.21 bits per heavy atom. The summed E-state index contributed by atoms with van der Waals surface area (Å²) in [5, 5.41) is 7.30. The molecule has 0 aliphatic rings. The number of fused-ring (bicyclic) bond motifs is 6. The van der Waals surface area contributed by atoms with Gasteiger partial charge in [0.1, 0.15) is 0 Å². The number of nitrogens with zero attached hydrogens (tertiary/aromatic N) is 5. The fraction of sp³-hybridized carbons (Fsp3) is 0. The molecule has 0 N–H and O–H groups in total. The van der Waals surface area contributed by atoms with E-state index in [9.17, 15) is 0 Å². The SMILES string of the molecule is c1ccc(-c2nc(-c3cc(-c4ccncc4)cc(-c4ccncc4)c3)nc(-c3ccc4c5ccccc5c5ccccc5c4c3)n2)cc1. The van der Waals surface area contributed by atoms with Crippen LogP contribution in [0.25, 0.3) is 88.7 Å². The first-order valence-electron chi connectivity index (χ1n) is 15.9. The van der Waals surface area contributed by atoms with E-state index >= 15 is 0 Å². The molecule has 6 aromatic carbocycles. The van der Waals surface area contributed by atoms with Gasteiger partial charge in [-0.05, 0) is 103 Å². The highest BCUT2D eigenvalue weighted by molar-refractivity contribution is 6.25. The van der Waals surface area contributed by atoms with E-state index in [1.54, 1.807) is 0 Å². The molecule has 0 unspecified atom stereocenters. The lowest BCUT2D eigenvalue weighted by atomic mass is 9.93. The van der Waals surface area contributed by atoms with Gasteiger partial charge in [-0.2, -0.15) is 0 Å². The molecule has 0 amide bonds. The van der Waals surface area contributed by atoms with Crippen LogP contribution in [0.2, 0.25) is 0 Å². The minimum absolute atomic E-state index is 0.605. The summed E-state index contributed by atoms with van der Waals surface area (Å²) in [5.41, 5.74) is 6.99. The molecule has 5 nitrogen and oxygen atoms in total. The molecular weight excluding hydrogens is 587 g/mol.